The Morgan fingerprint density at radius 1 is 1.24 bits per heavy atom. The molecule has 2 aliphatic heterocycles. The fraction of sp³-hybridized carbons (Fsp3) is 0.588. The third-order valence-electron chi connectivity index (χ3n) is 4.50. The van der Waals surface area contributed by atoms with Crippen molar-refractivity contribution in [1.82, 2.24) is 0 Å². The fourth-order valence-electron chi connectivity index (χ4n) is 3.25. The van der Waals surface area contributed by atoms with Crippen molar-refractivity contribution in [2.24, 2.45) is 5.92 Å². The molecule has 2 heterocycles. The molecular formula is C17H24N2O2. The second-order valence-corrected chi connectivity index (χ2v) is 6.07. The van der Waals surface area contributed by atoms with Gasteiger partial charge in [0.1, 0.15) is 0 Å². The Bertz CT molecular complexity index is 504. The number of nitrogens with one attached hydrogen (secondary N) is 1. The van der Waals surface area contributed by atoms with Gasteiger partial charge in [-0.1, -0.05) is 0 Å². The van der Waals surface area contributed by atoms with Crippen molar-refractivity contribution in [3.63, 3.8) is 0 Å². The minimum absolute atomic E-state index is 0.0947. The highest BCUT2D eigenvalue weighted by molar-refractivity contribution is 5.93. The van der Waals surface area contributed by atoms with E-state index in [1.165, 1.54) is 24.1 Å². The number of ether oxygens (including phenoxy) is 1. The molecule has 1 aromatic rings. The first kappa shape index (κ1) is 14.4. The van der Waals surface area contributed by atoms with Gasteiger partial charge in [0.15, 0.2) is 0 Å². The van der Waals surface area contributed by atoms with E-state index >= 15 is 0 Å². The number of carbonyl (C=O) groups is 1. The van der Waals surface area contributed by atoms with Crippen molar-refractivity contribution in [2.45, 2.75) is 32.6 Å². The van der Waals surface area contributed by atoms with Crippen LogP contribution in [0.3, 0.4) is 0 Å². The molecule has 0 aromatic heterocycles. The number of rotatable bonds is 3. The molecule has 0 bridgehead atoms. The number of amides is 1. The average molecular weight is 288 g/mol. The lowest BCUT2D eigenvalue weighted by Crippen LogP contribution is -2.28. The van der Waals surface area contributed by atoms with E-state index in [0.717, 1.165) is 31.6 Å². The first-order chi connectivity index (χ1) is 10.2. The molecule has 4 nitrogen and oxygen atoms in total. The molecule has 1 aromatic carbocycles. The third-order valence-corrected chi connectivity index (χ3v) is 4.50. The van der Waals surface area contributed by atoms with E-state index in [-0.39, 0.29) is 11.8 Å². The fourth-order valence-corrected chi connectivity index (χ4v) is 3.25. The predicted molar refractivity (Wildman–Crippen MR) is 84.8 cm³/mol. The highest BCUT2D eigenvalue weighted by atomic mass is 16.5. The summed E-state index contributed by atoms with van der Waals surface area (Å²) in [5.74, 6) is 0.226. The Morgan fingerprint density at radius 2 is 1.95 bits per heavy atom. The molecule has 114 valence electrons. The van der Waals surface area contributed by atoms with Gasteiger partial charge in [-0.15, -0.1) is 0 Å². The third kappa shape index (κ3) is 3.38. The lowest BCUT2D eigenvalue weighted by atomic mass is 9.99. The first-order valence-electron chi connectivity index (χ1n) is 7.98. The van der Waals surface area contributed by atoms with E-state index in [1.54, 1.807) is 0 Å². The van der Waals surface area contributed by atoms with Gasteiger partial charge in [0.25, 0.3) is 0 Å². The second kappa shape index (κ2) is 6.48. The summed E-state index contributed by atoms with van der Waals surface area (Å²) in [6.45, 7) is 5.82. The van der Waals surface area contributed by atoms with Gasteiger partial charge in [-0.25, -0.2) is 0 Å². The van der Waals surface area contributed by atoms with Crippen LogP contribution in [0.4, 0.5) is 11.4 Å². The lowest BCUT2D eigenvalue weighted by molar-refractivity contribution is -0.122. The van der Waals surface area contributed by atoms with Crippen LogP contribution >= 0.6 is 0 Å². The minimum atomic E-state index is 0.0947. The quantitative estimate of drug-likeness (QED) is 0.929. The van der Waals surface area contributed by atoms with Gasteiger partial charge in [-0.3, -0.25) is 4.79 Å². The van der Waals surface area contributed by atoms with Crippen LogP contribution in [0.5, 0.6) is 0 Å². The van der Waals surface area contributed by atoms with Crippen LogP contribution < -0.4 is 10.2 Å². The van der Waals surface area contributed by atoms with Gasteiger partial charge < -0.3 is 15.0 Å². The maximum absolute atomic E-state index is 12.2. The average Bonchev–Trinajstić information content (AvgIpc) is 3.02. The molecule has 0 aliphatic carbocycles. The number of nitrogens with zero attached hydrogens (tertiary/aromatic N) is 1. The molecule has 2 aliphatic rings. The Hall–Kier alpha value is -1.55. The second-order valence-electron chi connectivity index (χ2n) is 6.07. The van der Waals surface area contributed by atoms with Crippen molar-refractivity contribution in [3.05, 3.63) is 23.8 Å². The van der Waals surface area contributed by atoms with Crippen LogP contribution in [-0.2, 0) is 9.53 Å². The normalized spacial score (nSPS) is 19.8. The van der Waals surface area contributed by atoms with Crippen LogP contribution in [0, 0.1) is 12.8 Å². The number of anilines is 2. The molecular weight excluding hydrogens is 264 g/mol. The minimum Gasteiger partial charge on any atom is -0.381 e. The number of hydrogen-bond acceptors (Lipinski definition) is 3. The summed E-state index contributed by atoms with van der Waals surface area (Å²) < 4.78 is 5.31. The van der Waals surface area contributed by atoms with Crippen LogP contribution in [0.1, 0.15) is 31.2 Å². The van der Waals surface area contributed by atoms with Crippen molar-refractivity contribution in [1.29, 1.82) is 0 Å². The molecule has 21 heavy (non-hydrogen) atoms. The molecule has 0 spiro atoms. The van der Waals surface area contributed by atoms with Gasteiger partial charge in [0.2, 0.25) is 5.91 Å². The number of carbonyl (C=O) groups excluding carboxylic acids is 1. The maximum atomic E-state index is 12.2. The van der Waals surface area contributed by atoms with Gasteiger partial charge in [0.05, 0.1) is 0 Å². The van der Waals surface area contributed by atoms with Crippen LogP contribution in [-0.4, -0.2) is 32.2 Å². The van der Waals surface area contributed by atoms with E-state index in [1.807, 2.05) is 6.07 Å². The van der Waals surface area contributed by atoms with E-state index in [4.69, 9.17) is 4.74 Å². The molecule has 0 atom stereocenters. The summed E-state index contributed by atoms with van der Waals surface area (Å²) in [6, 6.07) is 6.25. The maximum Gasteiger partial charge on any atom is 0.227 e. The van der Waals surface area contributed by atoms with Gasteiger partial charge in [-0.2, -0.15) is 0 Å². The molecule has 3 rings (SSSR count). The summed E-state index contributed by atoms with van der Waals surface area (Å²) in [4.78, 5) is 14.7. The molecule has 1 amide bonds. The van der Waals surface area contributed by atoms with Gasteiger partial charge in [-0.05, 0) is 56.4 Å². The SMILES string of the molecule is Cc1cc(NC(=O)C2CCOCC2)ccc1N1CCCC1. The zero-order chi connectivity index (χ0) is 14.7. The van der Waals surface area contributed by atoms with Gasteiger partial charge >= 0.3 is 0 Å². The predicted octanol–water partition coefficient (Wildman–Crippen LogP) is 2.96. The monoisotopic (exact) mass is 288 g/mol. The topological polar surface area (TPSA) is 41.6 Å². The van der Waals surface area contributed by atoms with E-state index in [0.29, 0.717) is 13.2 Å². The Morgan fingerprint density at radius 3 is 2.62 bits per heavy atom. The zero-order valence-electron chi connectivity index (χ0n) is 12.7. The highest BCUT2D eigenvalue weighted by Gasteiger charge is 2.22. The summed E-state index contributed by atoms with van der Waals surface area (Å²) in [7, 11) is 0. The summed E-state index contributed by atoms with van der Waals surface area (Å²) in [5, 5.41) is 3.06. The Balaban J connectivity index is 1.65. The van der Waals surface area contributed by atoms with Crippen molar-refractivity contribution in [3.8, 4) is 0 Å². The van der Waals surface area contributed by atoms with Crippen LogP contribution in [0.25, 0.3) is 0 Å². The summed E-state index contributed by atoms with van der Waals surface area (Å²) >= 11 is 0. The molecule has 2 fully saturated rings. The van der Waals surface area contributed by atoms with Crippen LogP contribution in [0.15, 0.2) is 18.2 Å². The van der Waals surface area contributed by atoms with Crippen molar-refractivity contribution < 1.29 is 9.53 Å². The number of aryl methyl sites for hydroxylation is 1. The molecule has 0 saturated carbocycles. The standard InChI is InChI=1S/C17H24N2O2/c1-13-12-15(4-5-16(13)19-8-2-3-9-19)18-17(20)14-6-10-21-11-7-14/h4-5,12,14H,2-3,6-11H2,1H3,(H,18,20). The Labute approximate surface area is 126 Å². The van der Waals surface area contributed by atoms with E-state index < -0.39 is 0 Å². The summed E-state index contributed by atoms with van der Waals surface area (Å²) in [5.41, 5.74) is 3.45. The molecule has 0 radical (unpaired) electrons. The largest absolute Gasteiger partial charge is 0.381 e. The van der Waals surface area contributed by atoms with Crippen molar-refractivity contribution >= 4 is 17.3 Å². The molecule has 1 N–H and O–H groups in total. The first-order valence-corrected chi connectivity index (χ1v) is 7.98. The molecule has 0 unspecified atom stereocenters. The van der Waals surface area contributed by atoms with Crippen molar-refractivity contribution in [2.75, 3.05) is 36.5 Å². The van der Waals surface area contributed by atoms with Crippen LogP contribution in [0.2, 0.25) is 0 Å². The number of benzene rings is 1. The van der Waals surface area contributed by atoms with E-state index in [2.05, 4.69) is 29.3 Å². The molecule has 2 saturated heterocycles. The smallest absolute Gasteiger partial charge is 0.227 e. The zero-order valence-corrected chi connectivity index (χ0v) is 12.7. The number of hydrogen-bond donors (Lipinski definition) is 1. The van der Waals surface area contributed by atoms with Gasteiger partial charge in [0, 0.05) is 43.6 Å². The van der Waals surface area contributed by atoms with E-state index in [9.17, 15) is 4.79 Å². The molecule has 4 heteroatoms. The summed E-state index contributed by atoms with van der Waals surface area (Å²) in [6.07, 6.45) is 4.22. The Kier molecular flexibility index (Phi) is 4.44. The highest BCUT2D eigenvalue weighted by Crippen LogP contribution is 2.27. The lowest BCUT2D eigenvalue weighted by Gasteiger charge is -2.23.